The fourth-order valence-electron chi connectivity index (χ4n) is 2.36. The summed E-state index contributed by atoms with van der Waals surface area (Å²) in [5.74, 6) is -0.965. The number of nitrogens with two attached hydrogens (primary N) is 2. The normalized spacial score (nSPS) is 12.4. The second-order valence-electron chi connectivity index (χ2n) is 5.20. The van der Waals surface area contributed by atoms with Gasteiger partial charge in [0.15, 0.2) is 5.65 Å². The van der Waals surface area contributed by atoms with Crippen molar-refractivity contribution in [2.75, 3.05) is 5.73 Å². The van der Waals surface area contributed by atoms with E-state index in [0.717, 1.165) is 5.56 Å². The van der Waals surface area contributed by atoms with Crippen LogP contribution in [0.3, 0.4) is 0 Å². The molecule has 0 aliphatic carbocycles. The highest BCUT2D eigenvalue weighted by atomic mass is 16.4. The molecule has 0 bridgehead atoms. The lowest BCUT2D eigenvalue weighted by Gasteiger charge is -2.08. The number of aromatic nitrogens is 4. The Morgan fingerprint density at radius 3 is 2.70 bits per heavy atom. The Morgan fingerprint density at radius 1 is 1.26 bits per heavy atom. The van der Waals surface area contributed by atoms with Crippen LogP contribution in [0.4, 0.5) is 5.95 Å². The molecule has 23 heavy (non-hydrogen) atoms. The van der Waals surface area contributed by atoms with Gasteiger partial charge in [-0.2, -0.15) is 4.98 Å². The molecule has 3 aromatic rings. The number of rotatable bonds is 5. The van der Waals surface area contributed by atoms with Crippen LogP contribution < -0.4 is 11.5 Å². The quantitative estimate of drug-likeness (QED) is 0.621. The van der Waals surface area contributed by atoms with E-state index in [2.05, 4.69) is 15.0 Å². The van der Waals surface area contributed by atoms with Crippen molar-refractivity contribution < 1.29 is 9.90 Å². The predicted octanol–water partition coefficient (Wildman–Crippen LogP) is 0.411. The number of carboxylic acid groups (broad SMARTS) is 1. The van der Waals surface area contributed by atoms with Crippen molar-refractivity contribution in [1.82, 2.24) is 19.5 Å². The highest BCUT2D eigenvalue weighted by Crippen LogP contribution is 2.18. The molecule has 1 atom stereocenters. The summed E-state index contributed by atoms with van der Waals surface area (Å²) in [6.07, 6.45) is 2.07. The first kappa shape index (κ1) is 14.9. The Hall–Kier alpha value is -3.00. The van der Waals surface area contributed by atoms with Gasteiger partial charge in [0.05, 0.1) is 18.6 Å². The summed E-state index contributed by atoms with van der Waals surface area (Å²) in [5.41, 5.74) is 14.2. The summed E-state index contributed by atoms with van der Waals surface area (Å²) in [6, 6.07) is 8.77. The van der Waals surface area contributed by atoms with Gasteiger partial charge in [-0.1, -0.05) is 30.3 Å². The fourth-order valence-corrected chi connectivity index (χ4v) is 2.36. The topological polar surface area (TPSA) is 133 Å². The summed E-state index contributed by atoms with van der Waals surface area (Å²) in [5, 5.41) is 8.94. The van der Waals surface area contributed by atoms with Gasteiger partial charge in [0.1, 0.15) is 11.6 Å². The van der Waals surface area contributed by atoms with E-state index in [4.69, 9.17) is 16.6 Å². The van der Waals surface area contributed by atoms with Gasteiger partial charge in [-0.15, -0.1) is 0 Å². The number of aliphatic carboxylic acids is 1. The highest BCUT2D eigenvalue weighted by molar-refractivity contribution is 5.76. The molecule has 1 aromatic carbocycles. The summed E-state index contributed by atoms with van der Waals surface area (Å²) in [6.45, 7) is 0.0626. The molecule has 5 N–H and O–H groups in total. The van der Waals surface area contributed by atoms with Gasteiger partial charge in [0.25, 0.3) is 0 Å². The van der Waals surface area contributed by atoms with Gasteiger partial charge >= 0.3 is 5.97 Å². The van der Waals surface area contributed by atoms with Gasteiger partial charge in [-0.05, 0) is 5.56 Å². The van der Waals surface area contributed by atoms with Crippen molar-refractivity contribution in [3.8, 4) is 0 Å². The monoisotopic (exact) mass is 312 g/mol. The van der Waals surface area contributed by atoms with Gasteiger partial charge in [0, 0.05) is 6.42 Å². The van der Waals surface area contributed by atoms with Gasteiger partial charge in [0.2, 0.25) is 5.95 Å². The van der Waals surface area contributed by atoms with Crippen LogP contribution in [0.1, 0.15) is 11.3 Å². The minimum absolute atomic E-state index is 0.0626. The highest BCUT2D eigenvalue weighted by Gasteiger charge is 2.17. The zero-order valence-electron chi connectivity index (χ0n) is 12.3. The Bertz CT molecular complexity index is 846. The Balaban J connectivity index is 2.00. The van der Waals surface area contributed by atoms with Crippen LogP contribution in [0.2, 0.25) is 0 Å². The zero-order valence-corrected chi connectivity index (χ0v) is 12.3. The number of nitrogen functional groups attached to an aromatic ring is 1. The number of hydrogen-bond donors (Lipinski definition) is 3. The summed E-state index contributed by atoms with van der Waals surface area (Å²) >= 11 is 0. The van der Waals surface area contributed by atoms with Gasteiger partial charge < -0.3 is 21.1 Å². The van der Waals surface area contributed by atoms with Crippen LogP contribution in [-0.4, -0.2) is 36.6 Å². The summed E-state index contributed by atoms with van der Waals surface area (Å²) in [7, 11) is 0. The van der Waals surface area contributed by atoms with E-state index < -0.39 is 12.0 Å². The number of carbonyl (C=O) groups is 1. The van der Waals surface area contributed by atoms with Crippen molar-refractivity contribution in [3.05, 3.63) is 47.9 Å². The van der Waals surface area contributed by atoms with Crippen molar-refractivity contribution in [1.29, 1.82) is 0 Å². The molecule has 118 valence electrons. The molecule has 3 rings (SSSR count). The van der Waals surface area contributed by atoms with Crippen LogP contribution in [0.25, 0.3) is 11.2 Å². The van der Waals surface area contributed by atoms with Crippen molar-refractivity contribution >= 4 is 23.1 Å². The lowest BCUT2D eigenvalue weighted by atomic mass is 10.1. The van der Waals surface area contributed by atoms with Crippen LogP contribution in [0.5, 0.6) is 0 Å². The lowest BCUT2D eigenvalue weighted by Crippen LogP contribution is -2.34. The number of nitrogens with zero attached hydrogens (tertiary/aromatic N) is 4. The molecular formula is C15H16N6O2. The molecule has 0 saturated heterocycles. The number of fused-ring (bicyclic) bond motifs is 1. The van der Waals surface area contributed by atoms with E-state index in [1.54, 1.807) is 4.57 Å². The van der Waals surface area contributed by atoms with Crippen LogP contribution in [0, 0.1) is 0 Å². The lowest BCUT2D eigenvalue weighted by molar-refractivity contribution is -0.138. The average molecular weight is 312 g/mol. The van der Waals surface area contributed by atoms with Crippen molar-refractivity contribution in [3.63, 3.8) is 0 Å². The largest absolute Gasteiger partial charge is 0.480 e. The van der Waals surface area contributed by atoms with Crippen LogP contribution >= 0.6 is 0 Å². The molecule has 0 aliphatic rings. The standard InChI is InChI=1S/C15H16N6O2/c16-10(14(22)23)7-21-8-18-12-11(19-15(17)20-13(12)21)6-9-4-2-1-3-5-9/h1-5,8,10H,6-7,16H2,(H,22,23)(H2,17,19,20). The third-order valence-corrected chi connectivity index (χ3v) is 3.48. The maximum atomic E-state index is 10.9. The Kier molecular flexibility index (Phi) is 3.90. The molecule has 2 heterocycles. The van der Waals surface area contributed by atoms with E-state index in [0.29, 0.717) is 23.3 Å². The van der Waals surface area contributed by atoms with E-state index in [1.807, 2.05) is 30.3 Å². The van der Waals surface area contributed by atoms with Crippen LogP contribution in [-0.2, 0) is 17.8 Å². The minimum atomic E-state index is -1.08. The van der Waals surface area contributed by atoms with Crippen LogP contribution in [0.15, 0.2) is 36.7 Å². The maximum absolute atomic E-state index is 10.9. The summed E-state index contributed by atoms with van der Waals surface area (Å²) in [4.78, 5) is 23.7. The smallest absolute Gasteiger partial charge is 0.322 e. The first-order valence-corrected chi connectivity index (χ1v) is 7.04. The second-order valence-corrected chi connectivity index (χ2v) is 5.20. The molecule has 0 amide bonds. The van der Waals surface area contributed by atoms with E-state index in [-0.39, 0.29) is 12.5 Å². The number of anilines is 1. The third kappa shape index (κ3) is 3.11. The first-order valence-electron chi connectivity index (χ1n) is 7.04. The second kappa shape index (κ2) is 6.01. The van der Waals surface area contributed by atoms with E-state index in [9.17, 15) is 4.79 Å². The third-order valence-electron chi connectivity index (χ3n) is 3.48. The molecule has 0 saturated carbocycles. The molecule has 0 spiro atoms. The first-order chi connectivity index (χ1) is 11.0. The Morgan fingerprint density at radius 2 is 2.00 bits per heavy atom. The molecule has 0 radical (unpaired) electrons. The number of imidazole rings is 1. The summed E-state index contributed by atoms with van der Waals surface area (Å²) < 4.78 is 1.58. The Labute approximate surface area is 131 Å². The molecule has 2 aromatic heterocycles. The fraction of sp³-hybridized carbons (Fsp3) is 0.200. The molecule has 0 fully saturated rings. The number of carboxylic acids is 1. The maximum Gasteiger partial charge on any atom is 0.322 e. The van der Waals surface area contributed by atoms with Crippen molar-refractivity contribution in [2.24, 2.45) is 5.73 Å². The molecular weight excluding hydrogens is 296 g/mol. The molecule has 1 unspecified atom stereocenters. The predicted molar refractivity (Wildman–Crippen MR) is 84.6 cm³/mol. The van der Waals surface area contributed by atoms with Crippen molar-refractivity contribution in [2.45, 2.75) is 19.0 Å². The minimum Gasteiger partial charge on any atom is -0.480 e. The number of hydrogen-bond acceptors (Lipinski definition) is 6. The molecule has 0 aliphatic heterocycles. The SMILES string of the molecule is Nc1nc(Cc2ccccc2)c2ncn(CC(N)C(=O)O)c2n1. The van der Waals surface area contributed by atoms with Gasteiger partial charge in [-0.25, -0.2) is 9.97 Å². The molecule has 8 nitrogen and oxygen atoms in total. The van der Waals surface area contributed by atoms with E-state index in [1.165, 1.54) is 6.33 Å². The van der Waals surface area contributed by atoms with Gasteiger partial charge in [-0.3, -0.25) is 4.79 Å². The zero-order chi connectivity index (χ0) is 16.4. The molecule has 8 heteroatoms. The van der Waals surface area contributed by atoms with E-state index >= 15 is 0 Å². The number of benzene rings is 1. The average Bonchev–Trinajstić information content (AvgIpc) is 2.91.